The lowest BCUT2D eigenvalue weighted by Gasteiger charge is -2.25. The van der Waals surface area contributed by atoms with Crippen molar-refractivity contribution >= 4 is 23.8 Å². The van der Waals surface area contributed by atoms with Crippen molar-refractivity contribution in [2.24, 2.45) is 0 Å². The number of carbonyl (C=O) groups excluding carboxylic acids is 3. The molecule has 1 saturated carbocycles. The Bertz CT molecular complexity index is 758. The average Bonchev–Trinajstić information content (AvgIpc) is 3.20. The third kappa shape index (κ3) is 3.65. The number of carboxylic acids is 1. The van der Waals surface area contributed by atoms with Gasteiger partial charge in [-0.05, 0) is 25.3 Å². The van der Waals surface area contributed by atoms with Gasteiger partial charge in [-0.25, -0.2) is 14.5 Å². The highest BCUT2D eigenvalue weighted by atomic mass is 16.4. The van der Waals surface area contributed by atoms with Crippen LogP contribution >= 0.6 is 0 Å². The molecule has 1 aliphatic carbocycles. The van der Waals surface area contributed by atoms with Crippen LogP contribution in [0.5, 0.6) is 0 Å². The number of aliphatic carboxylic acids is 1. The first-order chi connectivity index (χ1) is 12.8. The van der Waals surface area contributed by atoms with Crippen molar-refractivity contribution in [3.05, 3.63) is 35.9 Å². The van der Waals surface area contributed by atoms with Crippen molar-refractivity contribution in [3.63, 3.8) is 0 Å². The van der Waals surface area contributed by atoms with Crippen molar-refractivity contribution in [2.75, 3.05) is 0 Å². The van der Waals surface area contributed by atoms with Gasteiger partial charge < -0.3 is 15.7 Å². The third-order valence-corrected chi connectivity index (χ3v) is 5.31. The lowest BCUT2D eigenvalue weighted by atomic mass is 9.97. The standard InChI is InChI=1S/C19H23N3O5/c1-12(22-17(26)19(21-18(22)27)9-5-6-10-19)15(23)20-14(16(24)25)11-13-7-3-2-4-8-13/h2-4,7-8,12,14H,5-6,9-11H2,1H3,(H,20,23)(H,21,27)(H,24,25)/t12?,14-/m0/s1. The molecule has 3 rings (SSSR count). The fourth-order valence-corrected chi connectivity index (χ4v) is 3.77. The second-order valence-corrected chi connectivity index (χ2v) is 7.16. The number of benzene rings is 1. The van der Waals surface area contributed by atoms with E-state index in [9.17, 15) is 24.3 Å². The zero-order chi connectivity index (χ0) is 19.6. The molecule has 1 unspecified atom stereocenters. The molecular weight excluding hydrogens is 350 g/mol. The van der Waals surface area contributed by atoms with Crippen molar-refractivity contribution in [3.8, 4) is 0 Å². The summed E-state index contributed by atoms with van der Waals surface area (Å²) in [6.07, 6.45) is 2.93. The van der Waals surface area contributed by atoms with E-state index in [4.69, 9.17) is 0 Å². The van der Waals surface area contributed by atoms with Gasteiger partial charge >= 0.3 is 12.0 Å². The fraction of sp³-hybridized carbons (Fsp3) is 0.474. The Labute approximate surface area is 156 Å². The highest BCUT2D eigenvalue weighted by molar-refractivity contribution is 6.10. The summed E-state index contributed by atoms with van der Waals surface area (Å²) in [5.74, 6) is -2.25. The minimum absolute atomic E-state index is 0.110. The number of carbonyl (C=O) groups is 4. The maximum atomic E-state index is 12.7. The summed E-state index contributed by atoms with van der Waals surface area (Å²) in [6, 6.07) is 6.09. The van der Waals surface area contributed by atoms with Crippen LogP contribution in [0.15, 0.2) is 30.3 Å². The molecule has 2 fully saturated rings. The van der Waals surface area contributed by atoms with Crippen molar-refractivity contribution < 1.29 is 24.3 Å². The molecule has 1 aromatic rings. The lowest BCUT2D eigenvalue weighted by Crippen LogP contribution is -2.53. The second-order valence-electron chi connectivity index (χ2n) is 7.16. The highest BCUT2D eigenvalue weighted by Gasteiger charge is 2.54. The zero-order valence-corrected chi connectivity index (χ0v) is 15.1. The molecule has 0 radical (unpaired) electrons. The van der Waals surface area contributed by atoms with Gasteiger partial charge in [-0.3, -0.25) is 9.59 Å². The van der Waals surface area contributed by atoms with E-state index >= 15 is 0 Å². The first kappa shape index (κ1) is 18.9. The smallest absolute Gasteiger partial charge is 0.326 e. The largest absolute Gasteiger partial charge is 0.480 e. The summed E-state index contributed by atoms with van der Waals surface area (Å²) >= 11 is 0. The van der Waals surface area contributed by atoms with Gasteiger partial charge in [0.25, 0.3) is 5.91 Å². The first-order valence-electron chi connectivity index (χ1n) is 9.07. The molecular formula is C19H23N3O5. The van der Waals surface area contributed by atoms with Crippen LogP contribution in [0.3, 0.4) is 0 Å². The topological polar surface area (TPSA) is 116 Å². The van der Waals surface area contributed by atoms with Gasteiger partial charge in [0.15, 0.2) is 0 Å². The minimum atomic E-state index is -1.18. The third-order valence-electron chi connectivity index (χ3n) is 5.31. The van der Waals surface area contributed by atoms with Crippen LogP contribution in [0.4, 0.5) is 4.79 Å². The first-order valence-corrected chi connectivity index (χ1v) is 9.07. The van der Waals surface area contributed by atoms with Crippen LogP contribution in [0.1, 0.15) is 38.2 Å². The number of rotatable bonds is 6. The van der Waals surface area contributed by atoms with Crippen LogP contribution in [0.2, 0.25) is 0 Å². The molecule has 144 valence electrons. The summed E-state index contributed by atoms with van der Waals surface area (Å²) in [6.45, 7) is 1.43. The quantitative estimate of drug-likeness (QED) is 0.645. The predicted molar refractivity (Wildman–Crippen MR) is 95.8 cm³/mol. The fourth-order valence-electron chi connectivity index (χ4n) is 3.77. The number of urea groups is 1. The van der Waals surface area contributed by atoms with Crippen LogP contribution in [0.25, 0.3) is 0 Å². The monoisotopic (exact) mass is 373 g/mol. The number of carboxylic acid groups (broad SMARTS) is 1. The van der Waals surface area contributed by atoms with Crippen molar-refractivity contribution in [1.29, 1.82) is 0 Å². The molecule has 1 aromatic carbocycles. The number of nitrogens with one attached hydrogen (secondary N) is 2. The Morgan fingerprint density at radius 2 is 1.85 bits per heavy atom. The second kappa shape index (κ2) is 7.38. The van der Waals surface area contributed by atoms with Gasteiger partial charge in [0.1, 0.15) is 17.6 Å². The summed E-state index contributed by atoms with van der Waals surface area (Å²) in [7, 11) is 0. The van der Waals surface area contributed by atoms with Crippen LogP contribution in [-0.2, 0) is 20.8 Å². The molecule has 1 aliphatic heterocycles. The SMILES string of the molecule is CC(C(=O)N[C@@H](Cc1ccccc1)C(=O)O)N1C(=O)NC2(CCCC2)C1=O. The number of nitrogens with zero attached hydrogens (tertiary/aromatic N) is 1. The Hall–Kier alpha value is -2.90. The number of hydrogen-bond donors (Lipinski definition) is 3. The molecule has 1 spiro atoms. The van der Waals surface area contributed by atoms with E-state index in [1.54, 1.807) is 24.3 Å². The summed E-state index contributed by atoms with van der Waals surface area (Å²) in [5, 5.41) is 14.6. The average molecular weight is 373 g/mol. The molecule has 1 heterocycles. The van der Waals surface area contributed by atoms with Gasteiger partial charge in [-0.2, -0.15) is 0 Å². The van der Waals surface area contributed by atoms with Crippen LogP contribution in [0, 0.1) is 0 Å². The molecule has 0 aromatic heterocycles. The van der Waals surface area contributed by atoms with E-state index in [2.05, 4.69) is 10.6 Å². The predicted octanol–water partition coefficient (Wildman–Crippen LogP) is 1.05. The van der Waals surface area contributed by atoms with E-state index in [1.165, 1.54) is 6.92 Å². The van der Waals surface area contributed by atoms with Gasteiger partial charge in [0, 0.05) is 6.42 Å². The molecule has 2 atom stereocenters. The van der Waals surface area contributed by atoms with Gasteiger partial charge in [0.2, 0.25) is 5.91 Å². The summed E-state index contributed by atoms with van der Waals surface area (Å²) in [4.78, 5) is 50.1. The Kier molecular flexibility index (Phi) is 5.16. The van der Waals surface area contributed by atoms with Crippen molar-refractivity contribution in [2.45, 2.75) is 56.7 Å². The maximum absolute atomic E-state index is 12.7. The number of hydrogen-bond acceptors (Lipinski definition) is 4. The van der Waals surface area contributed by atoms with Gasteiger partial charge in [-0.15, -0.1) is 0 Å². The highest BCUT2D eigenvalue weighted by Crippen LogP contribution is 2.35. The zero-order valence-electron chi connectivity index (χ0n) is 15.1. The van der Waals surface area contributed by atoms with Crippen LogP contribution < -0.4 is 10.6 Å². The van der Waals surface area contributed by atoms with E-state index < -0.39 is 41.4 Å². The van der Waals surface area contributed by atoms with E-state index in [1.807, 2.05) is 6.07 Å². The molecule has 3 N–H and O–H groups in total. The maximum Gasteiger partial charge on any atom is 0.326 e. The minimum Gasteiger partial charge on any atom is -0.480 e. The van der Waals surface area contributed by atoms with Gasteiger partial charge in [0.05, 0.1) is 0 Å². The molecule has 27 heavy (non-hydrogen) atoms. The Morgan fingerprint density at radius 1 is 1.22 bits per heavy atom. The van der Waals surface area contributed by atoms with Crippen molar-refractivity contribution in [1.82, 2.24) is 15.5 Å². The molecule has 2 aliphatic rings. The summed E-state index contributed by atoms with van der Waals surface area (Å²) in [5.41, 5.74) is -0.139. The number of imide groups is 1. The van der Waals surface area contributed by atoms with Gasteiger partial charge in [-0.1, -0.05) is 43.2 Å². The Morgan fingerprint density at radius 3 is 2.44 bits per heavy atom. The van der Waals surface area contributed by atoms with E-state index in [0.717, 1.165) is 23.3 Å². The van der Waals surface area contributed by atoms with Crippen LogP contribution in [-0.4, -0.2) is 51.4 Å². The molecule has 8 nitrogen and oxygen atoms in total. The lowest BCUT2D eigenvalue weighted by molar-refractivity contribution is -0.143. The molecule has 8 heteroatoms. The molecule has 1 saturated heterocycles. The normalized spacial score (nSPS) is 20.4. The number of amides is 4. The van der Waals surface area contributed by atoms with E-state index in [-0.39, 0.29) is 6.42 Å². The molecule has 4 amide bonds. The van der Waals surface area contributed by atoms with E-state index in [0.29, 0.717) is 12.8 Å². The summed E-state index contributed by atoms with van der Waals surface area (Å²) < 4.78 is 0. The Balaban J connectivity index is 1.69. The molecule has 0 bridgehead atoms.